The summed E-state index contributed by atoms with van der Waals surface area (Å²) in [5.41, 5.74) is 2.01. The minimum absolute atomic E-state index is 0.155. The highest BCUT2D eigenvalue weighted by atomic mass is 19.1. The molecule has 10 nitrogen and oxygen atoms in total. The van der Waals surface area contributed by atoms with Crippen molar-refractivity contribution in [2.24, 2.45) is 0 Å². The van der Waals surface area contributed by atoms with Crippen LogP contribution in [0.2, 0.25) is 0 Å². The number of hydrogen-bond acceptors (Lipinski definition) is 7. The van der Waals surface area contributed by atoms with Crippen LogP contribution in [0.5, 0.6) is 0 Å². The fraction of sp³-hybridized carbons (Fsp3) is 0.516. The zero-order chi connectivity index (χ0) is 30.6. The fourth-order valence-electron chi connectivity index (χ4n) is 6.20. The summed E-state index contributed by atoms with van der Waals surface area (Å²) in [4.78, 5) is 21.0. The molecule has 43 heavy (non-hydrogen) atoms. The number of amides is 1. The summed E-state index contributed by atoms with van der Waals surface area (Å²) in [6.45, 7) is 12.9. The number of nitrogens with one attached hydrogen (secondary N) is 1. The maximum atomic E-state index is 16.1. The fourth-order valence-corrected chi connectivity index (χ4v) is 6.20. The number of nitrogens with zero attached hydrogens (tertiary/aromatic N) is 6. The highest BCUT2D eigenvalue weighted by Crippen LogP contribution is 2.37. The summed E-state index contributed by atoms with van der Waals surface area (Å²) in [5, 5.41) is 8.23. The first-order valence-electron chi connectivity index (χ1n) is 14.9. The Kier molecular flexibility index (Phi) is 7.44. The van der Waals surface area contributed by atoms with E-state index in [4.69, 9.17) is 14.6 Å². The highest BCUT2D eigenvalue weighted by molar-refractivity contribution is 5.94. The molecule has 5 heterocycles. The number of carbonyl (C=O) groups is 1. The maximum absolute atomic E-state index is 16.1. The first-order chi connectivity index (χ1) is 20.4. The van der Waals surface area contributed by atoms with Crippen molar-refractivity contribution < 1.29 is 23.0 Å². The van der Waals surface area contributed by atoms with E-state index in [1.165, 1.54) is 12.1 Å². The lowest BCUT2D eigenvalue weighted by Crippen LogP contribution is -2.59. The van der Waals surface area contributed by atoms with Gasteiger partial charge in [-0.1, -0.05) is 0 Å². The summed E-state index contributed by atoms with van der Waals surface area (Å²) >= 11 is 0. The summed E-state index contributed by atoms with van der Waals surface area (Å²) in [6, 6.07) is 4.46. The van der Waals surface area contributed by atoms with Gasteiger partial charge < -0.3 is 24.1 Å². The molecule has 2 saturated heterocycles. The maximum Gasteiger partial charge on any atom is 0.410 e. The minimum atomic E-state index is -0.595. The average molecular weight is 596 g/mol. The molecular weight excluding hydrogens is 556 g/mol. The molecule has 3 aromatic heterocycles. The quantitative estimate of drug-likeness (QED) is 0.286. The van der Waals surface area contributed by atoms with E-state index < -0.39 is 17.2 Å². The molecule has 1 amide bonds. The number of piperazine rings is 1. The number of imidazole rings is 1. The van der Waals surface area contributed by atoms with E-state index in [9.17, 15) is 9.18 Å². The summed E-state index contributed by atoms with van der Waals surface area (Å²) in [5.74, 6) is -0.666. The second-order valence-corrected chi connectivity index (χ2v) is 12.7. The number of pyridine rings is 1. The van der Waals surface area contributed by atoms with Gasteiger partial charge in [-0.3, -0.25) is 4.90 Å². The zero-order valence-electron chi connectivity index (χ0n) is 25.5. The molecule has 0 bridgehead atoms. The van der Waals surface area contributed by atoms with Gasteiger partial charge in [-0.2, -0.15) is 5.10 Å². The van der Waals surface area contributed by atoms with E-state index in [0.717, 1.165) is 19.3 Å². The van der Waals surface area contributed by atoms with Gasteiger partial charge in [-0.05, 0) is 72.9 Å². The third-order valence-corrected chi connectivity index (χ3v) is 7.95. The number of carbonyl (C=O) groups excluding carboxylic acids is 1. The highest BCUT2D eigenvalue weighted by Gasteiger charge is 2.36. The first-order valence-corrected chi connectivity index (χ1v) is 14.9. The van der Waals surface area contributed by atoms with E-state index in [0.29, 0.717) is 47.7 Å². The lowest BCUT2D eigenvalue weighted by atomic mass is 10.1. The number of aryl methyl sites for hydroxylation is 1. The SMILES string of the molecule is Cc1cn2cc(Nc3nn(C4CCCCO4)c4cc(N5C[C@@H](C)N(C(=O)OC(C)(C)C)[C@@H](C)C5)cc(F)c34)cc(F)c2n1. The van der Waals surface area contributed by atoms with Gasteiger partial charge in [0.2, 0.25) is 0 Å². The van der Waals surface area contributed by atoms with Gasteiger partial charge in [0.05, 0.1) is 34.4 Å². The minimum Gasteiger partial charge on any atom is -0.444 e. The Balaban J connectivity index is 1.36. The van der Waals surface area contributed by atoms with Gasteiger partial charge in [0.15, 0.2) is 23.5 Å². The molecule has 0 saturated carbocycles. The topological polar surface area (TPSA) is 89.2 Å². The molecule has 6 rings (SSSR count). The predicted molar refractivity (Wildman–Crippen MR) is 161 cm³/mol. The molecule has 2 aliphatic rings. The van der Waals surface area contributed by atoms with Crippen molar-refractivity contribution in [2.45, 2.75) is 84.7 Å². The third kappa shape index (κ3) is 5.72. The van der Waals surface area contributed by atoms with Gasteiger partial charge >= 0.3 is 6.09 Å². The molecular formula is C31H39F2N7O3. The normalized spacial score (nSPS) is 21.5. The summed E-state index contributed by atoms with van der Waals surface area (Å²) < 4.78 is 46.0. The molecule has 0 aliphatic carbocycles. The zero-order valence-corrected chi connectivity index (χ0v) is 25.5. The Morgan fingerprint density at radius 2 is 1.81 bits per heavy atom. The Bertz CT molecular complexity index is 1660. The van der Waals surface area contributed by atoms with Crippen LogP contribution in [-0.2, 0) is 9.47 Å². The number of benzene rings is 1. The van der Waals surface area contributed by atoms with Crippen LogP contribution in [0, 0.1) is 18.6 Å². The molecule has 4 aromatic rings. The number of hydrogen-bond donors (Lipinski definition) is 1. The number of rotatable bonds is 4. The molecule has 230 valence electrons. The van der Waals surface area contributed by atoms with Crippen LogP contribution in [-0.4, -0.2) is 67.5 Å². The molecule has 0 radical (unpaired) electrons. The predicted octanol–water partition coefficient (Wildman–Crippen LogP) is 6.55. The molecule has 1 unspecified atom stereocenters. The van der Waals surface area contributed by atoms with Crippen molar-refractivity contribution in [2.75, 3.05) is 29.9 Å². The first kappa shape index (κ1) is 29.2. The van der Waals surface area contributed by atoms with Crippen LogP contribution in [0.15, 0.2) is 30.6 Å². The number of ether oxygens (including phenoxy) is 2. The summed E-state index contributed by atoms with van der Waals surface area (Å²) in [7, 11) is 0. The van der Waals surface area contributed by atoms with Crippen LogP contribution < -0.4 is 10.2 Å². The monoisotopic (exact) mass is 595 g/mol. The standard InChI is InChI=1S/C31H39F2N7O3/c1-18-14-38-17-21(11-24(33)29(38)34-18)35-28-27-23(32)12-22(13-25(27)40(36-28)26-9-7-8-10-42-26)37-15-19(2)39(20(3)16-37)30(41)43-31(4,5)6/h11-14,17,19-20,26H,7-10,15-16H2,1-6H3,(H,35,36)/t19-,20+,26?. The molecule has 0 spiro atoms. The van der Waals surface area contributed by atoms with Gasteiger partial charge in [0, 0.05) is 43.8 Å². The van der Waals surface area contributed by atoms with Crippen molar-refractivity contribution in [3.05, 3.63) is 47.9 Å². The smallest absolute Gasteiger partial charge is 0.410 e. The second kappa shape index (κ2) is 11.0. The van der Waals surface area contributed by atoms with Crippen molar-refractivity contribution in [1.82, 2.24) is 24.1 Å². The van der Waals surface area contributed by atoms with Crippen LogP contribution >= 0.6 is 0 Å². The van der Waals surface area contributed by atoms with Crippen LogP contribution in [0.3, 0.4) is 0 Å². The van der Waals surface area contributed by atoms with Crippen LogP contribution in [0.25, 0.3) is 16.6 Å². The van der Waals surface area contributed by atoms with E-state index in [1.54, 1.807) is 33.3 Å². The number of fused-ring (bicyclic) bond motifs is 2. The van der Waals surface area contributed by atoms with Crippen molar-refractivity contribution >= 4 is 39.8 Å². The van der Waals surface area contributed by atoms with Gasteiger partial charge in [-0.15, -0.1) is 0 Å². The van der Waals surface area contributed by atoms with Crippen LogP contribution in [0.1, 0.15) is 65.8 Å². The lowest BCUT2D eigenvalue weighted by molar-refractivity contribution is -0.0365. The second-order valence-electron chi connectivity index (χ2n) is 12.7. The largest absolute Gasteiger partial charge is 0.444 e. The Hall–Kier alpha value is -3.93. The molecule has 12 heteroatoms. The van der Waals surface area contributed by atoms with E-state index in [1.807, 2.05) is 40.7 Å². The number of halogens is 2. The Morgan fingerprint density at radius 1 is 1.07 bits per heavy atom. The third-order valence-electron chi connectivity index (χ3n) is 7.95. The molecule has 1 N–H and O–H groups in total. The van der Waals surface area contributed by atoms with Crippen molar-refractivity contribution in [1.29, 1.82) is 0 Å². The molecule has 2 aliphatic heterocycles. The van der Waals surface area contributed by atoms with Crippen molar-refractivity contribution in [3.63, 3.8) is 0 Å². The lowest BCUT2D eigenvalue weighted by Gasteiger charge is -2.45. The number of anilines is 3. The molecule has 2 fully saturated rings. The number of aromatic nitrogens is 4. The average Bonchev–Trinajstić information content (AvgIpc) is 3.48. The van der Waals surface area contributed by atoms with E-state index >= 15 is 4.39 Å². The molecule has 3 atom stereocenters. The van der Waals surface area contributed by atoms with Gasteiger partial charge in [0.25, 0.3) is 0 Å². The van der Waals surface area contributed by atoms with E-state index in [2.05, 4.69) is 15.2 Å². The van der Waals surface area contributed by atoms with Gasteiger partial charge in [-0.25, -0.2) is 23.2 Å². The van der Waals surface area contributed by atoms with Crippen LogP contribution in [0.4, 0.5) is 30.8 Å². The summed E-state index contributed by atoms with van der Waals surface area (Å²) in [6.07, 6.45) is 5.42. The van der Waals surface area contributed by atoms with E-state index in [-0.39, 0.29) is 35.9 Å². The Labute approximate surface area is 249 Å². The van der Waals surface area contributed by atoms with Crippen molar-refractivity contribution in [3.8, 4) is 0 Å². The Morgan fingerprint density at radius 3 is 2.49 bits per heavy atom. The molecule has 1 aromatic carbocycles. The van der Waals surface area contributed by atoms with Gasteiger partial charge in [0.1, 0.15) is 11.4 Å².